The van der Waals surface area contributed by atoms with Gasteiger partial charge in [0.1, 0.15) is 6.04 Å². The molecule has 2 aromatic carbocycles. The van der Waals surface area contributed by atoms with Crippen LogP contribution >= 0.6 is 11.3 Å². The Morgan fingerprint density at radius 3 is 2.72 bits per heavy atom. The fraction of sp³-hybridized carbons (Fsp3) is 0.259. The largest absolute Gasteiger partial charge is 0.383 e. The number of ether oxygens (including phenoxy) is 1. The molecule has 1 N–H and O–H groups in total. The number of fused-ring (bicyclic) bond motifs is 1. The van der Waals surface area contributed by atoms with E-state index in [-0.39, 0.29) is 5.56 Å². The quantitative estimate of drug-likeness (QED) is 0.307. The minimum absolute atomic E-state index is 0.149. The lowest BCUT2D eigenvalue weighted by atomic mass is 10.0. The summed E-state index contributed by atoms with van der Waals surface area (Å²) in [7, 11) is 1.65. The Morgan fingerprint density at radius 1 is 1.08 bits per heavy atom. The number of H-pyrrole nitrogens is 1. The fourth-order valence-electron chi connectivity index (χ4n) is 4.44. The zero-order valence-corrected chi connectivity index (χ0v) is 21.1. The molecular formula is C27H28N6O2S. The first-order chi connectivity index (χ1) is 17.6. The zero-order chi connectivity index (χ0) is 24.9. The summed E-state index contributed by atoms with van der Waals surface area (Å²) in [6.07, 6.45) is 0. The number of methoxy groups -OCH3 is 1. The molecule has 8 nitrogen and oxygen atoms in total. The van der Waals surface area contributed by atoms with Gasteiger partial charge in [-0.2, -0.15) is 0 Å². The fourth-order valence-corrected chi connectivity index (χ4v) is 5.17. The van der Waals surface area contributed by atoms with E-state index in [2.05, 4.69) is 55.1 Å². The molecule has 5 aromatic rings. The van der Waals surface area contributed by atoms with Gasteiger partial charge in [-0.1, -0.05) is 48.5 Å². The molecule has 0 saturated heterocycles. The molecule has 9 heteroatoms. The van der Waals surface area contributed by atoms with Gasteiger partial charge in [0, 0.05) is 36.2 Å². The summed E-state index contributed by atoms with van der Waals surface area (Å²) in [5.41, 5.74) is 3.50. The predicted molar refractivity (Wildman–Crippen MR) is 141 cm³/mol. The van der Waals surface area contributed by atoms with Crippen LogP contribution in [-0.2, 0) is 24.4 Å². The molecule has 36 heavy (non-hydrogen) atoms. The van der Waals surface area contributed by atoms with E-state index >= 15 is 0 Å². The van der Waals surface area contributed by atoms with Crippen molar-refractivity contribution in [2.24, 2.45) is 0 Å². The molecule has 1 atom stereocenters. The van der Waals surface area contributed by atoms with E-state index in [1.807, 2.05) is 49.4 Å². The molecule has 0 fully saturated rings. The summed E-state index contributed by atoms with van der Waals surface area (Å²) in [6.45, 7) is 4.21. The topological polar surface area (TPSA) is 88.9 Å². The molecule has 0 aliphatic rings. The number of aromatic nitrogens is 5. The molecule has 0 bridgehead atoms. The Bertz CT molecular complexity index is 1480. The van der Waals surface area contributed by atoms with Crippen LogP contribution in [0.15, 0.2) is 76.9 Å². The van der Waals surface area contributed by atoms with E-state index in [0.29, 0.717) is 37.6 Å². The molecule has 0 amide bonds. The Morgan fingerprint density at radius 2 is 1.94 bits per heavy atom. The van der Waals surface area contributed by atoms with Crippen molar-refractivity contribution < 1.29 is 4.74 Å². The first-order valence-electron chi connectivity index (χ1n) is 11.8. The number of benzene rings is 2. The Labute approximate surface area is 213 Å². The molecule has 0 unspecified atom stereocenters. The van der Waals surface area contributed by atoms with E-state index in [0.717, 1.165) is 22.0 Å². The van der Waals surface area contributed by atoms with Gasteiger partial charge in [-0.25, -0.2) is 4.68 Å². The van der Waals surface area contributed by atoms with Crippen molar-refractivity contribution in [1.82, 2.24) is 30.1 Å². The van der Waals surface area contributed by atoms with Gasteiger partial charge >= 0.3 is 0 Å². The Balaban J connectivity index is 1.67. The maximum Gasteiger partial charge on any atom is 0.253 e. The van der Waals surface area contributed by atoms with E-state index in [1.165, 1.54) is 4.88 Å². The van der Waals surface area contributed by atoms with Crippen LogP contribution in [-0.4, -0.2) is 43.8 Å². The third kappa shape index (κ3) is 5.28. The van der Waals surface area contributed by atoms with E-state index < -0.39 is 6.04 Å². The van der Waals surface area contributed by atoms with Gasteiger partial charge in [-0.15, -0.1) is 16.4 Å². The van der Waals surface area contributed by atoms with Crippen LogP contribution in [0.5, 0.6) is 0 Å². The Kier molecular flexibility index (Phi) is 7.31. The van der Waals surface area contributed by atoms with Gasteiger partial charge in [0.15, 0.2) is 5.82 Å². The average Bonchev–Trinajstić information content (AvgIpc) is 3.56. The first kappa shape index (κ1) is 24.1. The summed E-state index contributed by atoms with van der Waals surface area (Å²) < 4.78 is 7.03. The first-order valence-corrected chi connectivity index (χ1v) is 12.7. The van der Waals surface area contributed by atoms with Crippen molar-refractivity contribution in [1.29, 1.82) is 0 Å². The maximum absolute atomic E-state index is 13.6. The van der Waals surface area contributed by atoms with Crippen LogP contribution in [0.25, 0.3) is 10.9 Å². The number of nitrogens with zero attached hydrogens (tertiary/aromatic N) is 5. The number of rotatable bonds is 10. The molecule has 0 radical (unpaired) electrons. The maximum atomic E-state index is 13.6. The number of tetrazole rings is 1. The third-order valence-corrected chi connectivity index (χ3v) is 7.03. The van der Waals surface area contributed by atoms with Crippen molar-refractivity contribution in [3.63, 3.8) is 0 Å². The summed E-state index contributed by atoms with van der Waals surface area (Å²) in [6, 6.07) is 22.0. The molecule has 0 saturated carbocycles. The Hall–Kier alpha value is -3.66. The normalized spacial score (nSPS) is 12.4. The molecule has 0 aliphatic heterocycles. The lowest BCUT2D eigenvalue weighted by Gasteiger charge is -2.30. The van der Waals surface area contributed by atoms with Crippen molar-refractivity contribution in [3.05, 3.63) is 110 Å². The minimum Gasteiger partial charge on any atom is -0.383 e. The second kappa shape index (κ2) is 10.9. The van der Waals surface area contributed by atoms with Crippen LogP contribution in [0.1, 0.15) is 33.4 Å². The highest BCUT2D eigenvalue weighted by Crippen LogP contribution is 2.31. The SMILES string of the molecule is COCCn1nnnc1[C@H](c1cc2ccc(C)cc2[nH]c1=O)N(Cc1ccccc1)Cc1cccs1. The highest BCUT2D eigenvalue weighted by Gasteiger charge is 2.31. The van der Waals surface area contributed by atoms with Gasteiger partial charge in [0.2, 0.25) is 0 Å². The molecule has 3 heterocycles. The number of thiophene rings is 1. The van der Waals surface area contributed by atoms with E-state index in [4.69, 9.17) is 4.74 Å². The van der Waals surface area contributed by atoms with Gasteiger partial charge < -0.3 is 9.72 Å². The van der Waals surface area contributed by atoms with Crippen LogP contribution < -0.4 is 5.56 Å². The van der Waals surface area contributed by atoms with Crippen LogP contribution in [0.2, 0.25) is 0 Å². The molecular weight excluding hydrogens is 472 g/mol. The van der Waals surface area contributed by atoms with Gasteiger partial charge in [0.05, 0.1) is 13.2 Å². The van der Waals surface area contributed by atoms with Crippen LogP contribution in [0.3, 0.4) is 0 Å². The summed E-state index contributed by atoms with van der Waals surface area (Å²) in [5.74, 6) is 0.608. The smallest absolute Gasteiger partial charge is 0.253 e. The monoisotopic (exact) mass is 500 g/mol. The second-order valence-corrected chi connectivity index (χ2v) is 9.80. The highest BCUT2D eigenvalue weighted by atomic mass is 32.1. The van der Waals surface area contributed by atoms with E-state index in [1.54, 1.807) is 23.1 Å². The van der Waals surface area contributed by atoms with E-state index in [9.17, 15) is 4.79 Å². The lowest BCUT2D eigenvalue weighted by molar-refractivity contribution is 0.169. The molecule has 184 valence electrons. The van der Waals surface area contributed by atoms with Crippen molar-refractivity contribution in [3.8, 4) is 0 Å². The van der Waals surface area contributed by atoms with Crippen molar-refractivity contribution >= 4 is 22.2 Å². The number of aromatic amines is 1. The van der Waals surface area contributed by atoms with Gasteiger partial charge in [-0.3, -0.25) is 9.69 Å². The van der Waals surface area contributed by atoms with Crippen LogP contribution in [0, 0.1) is 6.92 Å². The van der Waals surface area contributed by atoms with Gasteiger partial charge in [-0.05, 0) is 57.4 Å². The highest BCUT2D eigenvalue weighted by molar-refractivity contribution is 7.09. The summed E-state index contributed by atoms with van der Waals surface area (Å²) in [4.78, 5) is 20.1. The van der Waals surface area contributed by atoms with Crippen molar-refractivity contribution in [2.45, 2.75) is 32.6 Å². The summed E-state index contributed by atoms with van der Waals surface area (Å²) >= 11 is 1.69. The number of hydrogen-bond donors (Lipinski definition) is 1. The minimum atomic E-state index is -0.478. The average molecular weight is 501 g/mol. The lowest BCUT2D eigenvalue weighted by Crippen LogP contribution is -2.35. The second-order valence-electron chi connectivity index (χ2n) is 8.77. The number of pyridine rings is 1. The third-order valence-electron chi connectivity index (χ3n) is 6.17. The number of hydrogen-bond acceptors (Lipinski definition) is 7. The van der Waals surface area contributed by atoms with Crippen molar-refractivity contribution in [2.75, 3.05) is 13.7 Å². The predicted octanol–water partition coefficient (Wildman–Crippen LogP) is 4.32. The molecule has 5 rings (SSSR count). The number of nitrogens with one attached hydrogen (secondary N) is 1. The molecule has 0 spiro atoms. The number of aryl methyl sites for hydroxylation is 1. The standard InChI is InChI=1S/C27H28N6O2S/c1-19-10-11-21-16-23(27(34)28-24(21)15-19)25(26-29-30-31-33(26)12-13-35-2)32(18-22-9-6-14-36-22)17-20-7-4-3-5-8-20/h3-11,14-16,25H,12-13,17-18H2,1-2H3,(H,28,34)/t25-/m0/s1. The summed E-state index contributed by atoms with van der Waals surface area (Å²) in [5, 5.41) is 15.7. The molecule has 0 aliphatic carbocycles. The van der Waals surface area contributed by atoms with Crippen LogP contribution in [0.4, 0.5) is 0 Å². The zero-order valence-electron chi connectivity index (χ0n) is 20.3. The molecule has 3 aromatic heterocycles. The van der Waals surface area contributed by atoms with Gasteiger partial charge in [0.25, 0.3) is 5.56 Å².